The average Bonchev–Trinajstić information content (AvgIpc) is 2.93. The second-order valence-electron chi connectivity index (χ2n) is 4.66. The van der Waals surface area contributed by atoms with E-state index < -0.39 is 0 Å². The van der Waals surface area contributed by atoms with Crippen molar-refractivity contribution in [2.75, 3.05) is 6.54 Å². The van der Waals surface area contributed by atoms with Gasteiger partial charge in [-0.15, -0.1) is 5.11 Å². The minimum atomic E-state index is -0.379. The molecule has 21 heavy (non-hydrogen) atoms. The molecular weight excluding hydrogens is 272 g/mol. The molecule has 0 saturated carbocycles. The third kappa shape index (κ3) is 2.58. The van der Waals surface area contributed by atoms with Gasteiger partial charge in [0.15, 0.2) is 5.69 Å². The van der Waals surface area contributed by atoms with Crippen LogP contribution in [0.25, 0.3) is 0 Å². The number of hydrogen-bond donors (Lipinski definition) is 1. The number of azo groups is 1. The SMILES string of the molecule is Cc1cc(C(=O)NCC2N=NC(=O)c3ccccc32)no1. The van der Waals surface area contributed by atoms with Gasteiger partial charge < -0.3 is 9.84 Å². The molecule has 0 fully saturated rings. The van der Waals surface area contributed by atoms with E-state index in [1.807, 2.05) is 12.1 Å². The zero-order valence-electron chi connectivity index (χ0n) is 11.2. The molecule has 1 aliphatic rings. The lowest BCUT2D eigenvalue weighted by atomic mass is 9.99. The molecule has 1 atom stereocenters. The molecule has 1 aliphatic heterocycles. The summed E-state index contributed by atoms with van der Waals surface area (Å²) in [6.45, 7) is 1.94. The van der Waals surface area contributed by atoms with Gasteiger partial charge in [-0.1, -0.05) is 23.4 Å². The highest BCUT2D eigenvalue weighted by Crippen LogP contribution is 2.26. The molecular formula is C14H12N4O3. The van der Waals surface area contributed by atoms with Crippen molar-refractivity contribution in [3.05, 3.63) is 52.9 Å². The van der Waals surface area contributed by atoms with Crippen LogP contribution in [-0.2, 0) is 0 Å². The Bertz CT molecular complexity index is 735. The molecule has 106 valence electrons. The van der Waals surface area contributed by atoms with Crippen molar-refractivity contribution in [2.24, 2.45) is 10.2 Å². The summed E-state index contributed by atoms with van der Waals surface area (Å²) >= 11 is 0. The maximum absolute atomic E-state index is 11.9. The molecule has 0 radical (unpaired) electrons. The predicted octanol–water partition coefficient (Wildman–Crippen LogP) is 2.06. The van der Waals surface area contributed by atoms with Gasteiger partial charge in [0.25, 0.3) is 11.8 Å². The molecule has 1 N–H and O–H groups in total. The van der Waals surface area contributed by atoms with Gasteiger partial charge in [-0.3, -0.25) is 9.59 Å². The Hall–Kier alpha value is -2.83. The Balaban J connectivity index is 1.73. The van der Waals surface area contributed by atoms with Crippen LogP contribution in [0.15, 0.2) is 45.1 Å². The lowest BCUT2D eigenvalue weighted by Crippen LogP contribution is -2.29. The Morgan fingerprint density at radius 2 is 2.19 bits per heavy atom. The van der Waals surface area contributed by atoms with Crippen LogP contribution in [0.2, 0.25) is 0 Å². The van der Waals surface area contributed by atoms with Crippen molar-refractivity contribution in [1.82, 2.24) is 10.5 Å². The molecule has 2 amide bonds. The van der Waals surface area contributed by atoms with E-state index in [-0.39, 0.29) is 30.1 Å². The van der Waals surface area contributed by atoms with Gasteiger partial charge in [-0.2, -0.15) is 5.11 Å². The summed E-state index contributed by atoms with van der Waals surface area (Å²) in [7, 11) is 0. The number of fused-ring (bicyclic) bond motifs is 1. The normalized spacial score (nSPS) is 16.6. The van der Waals surface area contributed by atoms with Crippen molar-refractivity contribution in [2.45, 2.75) is 13.0 Å². The number of nitrogens with one attached hydrogen (secondary N) is 1. The van der Waals surface area contributed by atoms with Crippen LogP contribution in [0.5, 0.6) is 0 Å². The van der Waals surface area contributed by atoms with Crippen molar-refractivity contribution < 1.29 is 14.1 Å². The molecule has 2 heterocycles. The quantitative estimate of drug-likeness (QED) is 0.932. The smallest absolute Gasteiger partial charge is 0.295 e. The Labute approximate surface area is 120 Å². The van der Waals surface area contributed by atoms with E-state index in [9.17, 15) is 9.59 Å². The zero-order valence-corrected chi connectivity index (χ0v) is 11.2. The van der Waals surface area contributed by atoms with E-state index in [1.54, 1.807) is 25.1 Å². The van der Waals surface area contributed by atoms with Crippen LogP contribution >= 0.6 is 0 Å². The highest BCUT2D eigenvalue weighted by atomic mass is 16.5. The van der Waals surface area contributed by atoms with E-state index in [4.69, 9.17) is 4.52 Å². The largest absolute Gasteiger partial charge is 0.361 e. The summed E-state index contributed by atoms with van der Waals surface area (Å²) in [5.41, 5.74) is 1.49. The molecule has 7 nitrogen and oxygen atoms in total. The Morgan fingerprint density at radius 3 is 2.95 bits per heavy atom. The number of nitrogens with zero attached hydrogens (tertiary/aromatic N) is 3. The van der Waals surface area contributed by atoms with Gasteiger partial charge in [0.2, 0.25) is 0 Å². The second kappa shape index (κ2) is 5.28. The van der Waals surface area contributed by atoms with E-state index in [1.165, 1.54) is 0 Å². The van der Waals surface area contributed by atoms with Gasteiger partial charge in [0.05, 0.1) is 0 Å². The summed E-state index contributed by atoms with van der Waals surface area (Å²) in [5, 5.41) is 13.9. The minimum Gasteiger partial charge on any atom is -0.361 e. The molecule has 0 saturated heterocycles. The number of carbonyl (C=O) groups is 2. The summed E-state index contributed by atoms with van der Waals surface area (Å²) in [6.07, 6.45) is 0. The molecule has 2 aromatic rings. The molecule has 0 bridgehead atoms. The van der Waals surface area contributed by atoms with Crippen LogP contribution in [0.3, 0.4) is 0 Å². The van der Waals surface area contributed by atoms with Crippen molar-refractivity contribution in [3.63, 3.8) is 0 Å². The summed E-state index contributed by atoms with van der Waals surface area (Å²) in [4.78, 5) is 23.5. The lowest BCUT2D eigenvalue weighted by molar-refractivity contribution is 0.0941. The number of hydrogen-bond acceptors (Lipinski definition) is 5. The van der Waals surface area contributed by atoms with Gasteiger partial charge in [-0.25, -0.2) is 0 Å². The third-order valence-corrected chi connectivity index (χ3v) is 3.15. The topological polar surface area (TPSA) is 96.9 Å². The summed E-state index contributed by atoms with van der Waals surface area (Å²) in [6, 6.07) is 8.27. The Morgan fingerprint density at radius 1 is 1.38 bits per heavy atom. The fourth-order valence-corrected chi connectivity index (χ4v) is 2.12. The number of amides is 2. The van der Waals surface area contributed by atoms with Gasteiger partial charge in [-0.05, 0) is 18.6 Å². The molecule has 1 aromatic carbocycles. The van der Waals surface area contributed by atoms with Crippen molar-refractivity contribution >= 4 is 11.8 Å². The highest BCUT2D eigenvalue weighted by Gasteiger charge is 2.24. The lowest BCUT2D eigenvalue weighted by Gasteiger charge is -2.18. The van der Waals surface area contributed by atoms with Crippen LogP contribution in [0.1, 0.15) is 38.2 Å². The van der Waals surface area contributed by atoms with Crippen LogP contribution in [0, 0.1) is 6.92 Å². The van der Waals surface area contributed by atoms with E-state index in [2.05, 4.69) is 20.7 Å². The second-order valence-corrected chi connectivity index (χ2v) is 4.66. The minimum absolute atomic E-state index is 0.213. The van der Waals surface area contributed by atoms with Crippen LogP contribution in [0.4, 0.5) is 0 Å². The van der Waals surface area contributed by atoms with Crippen LogP contribution in [-0.4, -0.2) is 23.5 Å². The molecule has 0 aliphatic carbocycles. The molecule has 0 spiro atoms. The fraction of sp³-hybridized carbons (Fsp3) is 0.214. The highest BCUT2D eigenvalue weighted by molar-refractivity contribution is 5.97. The van der Waals surface area contributed by atoms with E-state index >= 15 is 0 Å². The maximum atomic E-state index is 11.9. The van der Waals surface area contributed by atoms with Crippen molar-refractivity contribution in [1.29, 1.82) is 0 Å². The first-order valence-electron chi connectivity index (χ1n) is 6.41. The molecule has 3 rings (SSSR count). The standard InChI is InChI=1S/C14H12N4O3/c1-8-6-11(18-21-8)14(20)15-7-12-9-4-2-3-5-10(9)13(19)17-16-12/h2-6,12H,7H2,1H3,(H,15,20). The monoisotopic (exact) mass is 284 g/mol. The van der Waals surface area contributed by atoms with Crippen LogP contribution < -0.4 is 5.32 Å². The number of aryl methyl sites for hydroxylation is 1. The predicted molar refractivity (Wildman–Crippen MR) is 71.9 cm³/mol. The van der Waals surface area contributed by atoms with Gasteiger partial charge in [0.1, 0.15) is 11.8 Å². The van der Waals surface area contributed by atoms with Gasteiger partial charge >= 0.3 is 0 Å². The first-order valence-corrected chi connectivity index (χ1v) is 6.41. The molecule has 7 heteroatoms. The average molecular weight is 284 g/mol. The number of carbonyl (C=O) groups excluding carboxylic acids is 2. The number of rotatable bonds is 3. The maximum Gasteiger partial charge on any atom is 0.295 e. The Kier molecular flexibility index (Phi) is 3.31. The number of aromatic nitrogens is 1. The third-order valence-electron chi connectivity index (χ3n) is 3.15. The van der Waals surface area contributed by atoms with Gasteiger partial charge in [0, 0.05) is 18.2 Å². The van der Waals surface area contributed by atoms with E-state index in [0.29, 0.717) is 11.3 Å². The zero-order chi connectivity index (χ0) is 14.8. The summed E-state index contributed by atoms with van der Waals surface area (Å²) in [5.74, 6) is -0.148. The van der Waals surface area contributed by atoms with Crippen molar-refractivity contribution in [3.8, 4) is 0 Å². The number of benzene rings is 1. The van der Waals surface area contributed by atoms with E-state index in [0.717, 1.165) is 5.56 Å². The fourth-order valence-electron chi connectivity index (χ4n) is 2.12. The molecule has 1 unspecified atom stereocenters. The molecule has 1 aromatic heterocycles. The first kappa shape index (κ1) is 13.2. The summed E-state index contributed by atoms with van der Waals surface area (Å²) < 4.78 is 4.85. The first-order chi connectivity index (χ1) is 10.1.